The van der Waals surface area contributed by atoms with E-state index in [9.17, 15) is 13.2 Å². The van der Waals surface area contributed by atoms with Gasteiger partial charge in [0, 0.05) is 17.5 Å². The van der Waals surface area contributed by atoms with Gasteiger partial charge < -0.3 is 9.05 Å². The van der Waals surface area contributed by atoms with Crippen LogP contribution in [0.2, 0.25) is 0 Å². The first kappa shape index (κ1) is 16.9. The molecule has 0 fully saturated rings. The van der Waals surface area contributed by atoms with Crippen molar-refractivity contribution in [2.75, 3.05) is 0 Å². The number of hydrogen-bond donors (Lipinski definition) is 0. The summed E-state index contributed by atoms with van der Waals surface area (Å²) in [5.74, 6) is -0.100. The third-order valence-corrected chi connectivity index (χ3v) is 4.56. The van der Waals surface area contributed by atoms with Crippen LogP contribution in [0.25, 0.3) is 22.7 Å². The van der Waals surface area contributed by atoms with Crippen LogP contribution >= 0.6 is 0 Å². The third kappa shape index (κ3) is 2.71. The summed E-state index contributed by atoms with van der Waals surface area (Å²) < 4.78 is 51.5. The van der Waals surface area contributed by atoms with Crippen LogP contribution in [0.1, 0.15) is 36.3 Å². The van der Waals surface area contributed by atoms with Crippen molar-refractivity contribution < 1.29 is 22.2 Å². The summed E-state index contributed by atoms with van der Waals surface area (Å²) in [6.45, 7) is 3.66. The first-order valence-corrected chi connectivity index (χ1v) is 8.49. The largest absolute Gasteiger partial charge is 0.422 e. The molecule has 1 aliphatic rings. The van der Waals surface area contributed by atoms with Crippen molar-refractivity contribution in [2.45, 2.75) is 39.3 Å². The molecule has 1 aliphatic carbocycles. The van der Waals surface area contributed by atoms with E-state index < -0.39 is 11.7 Å². The van der Waals surface area contributed by atoms with Gasteiger partial charge in [-0.15, -0.1) is 0 Å². The molecule has 0 radical (unpaired) electrons. The average Bonchev–Trinajstić information content (AvgIpc) is 3.17. The molecule has 7 heteroatoms. The molecular formula is C19H17F3N2O2. The SMILES string of the molecule is CC(C)Cc1onc(-c2onc3c2CCc2ccccc2-3)c1C(F)(F)F. The van der Waals surface area contributed by atoms with Gasteiger partial charge in [-0.3, -0.25) is 0 Å². The molecule has 136 valence electrons. The highest BCUT2D eigenvalue weighted by Gasteiger charge is 2.43. The van der Waals surface area contributed by atoms with Crippen molar-refractivity contribution in [1.82, 2.24) is 10.3 Å². The average molecular weight is 362 g/mol. The van der Waals surface area contributed by atoms with Gasteiger partial charge in [-0.2, -0.15) is 13.2 Å². The Morgan fingerprint density at radius 3 is 2.50 bits per heavy atom. The van der Waals surface area contributed by atoms with Gasteiger partial charge >= 0.3 is 6.18 Å². The van der Waals surface area contributed by atoms with E-state index >= 15 is 0 Å². The van der Waals surface area contributed by atoms with E-state index in [2.05, 4.69) is 10.3 Å². The van der Waals surface area contributed by atoms with Gasteiger partial charge in [0.1, 0.15) is 17.0 Å². The smallest absolute Gasteiger partial charge is 0.360 e. The Morgan fingerprint density at radius 2 is 1.77 bits per heavy atom. The minimum absolute atomic E-state index is 0.00687. The van der Waals surface area contributed by atoms with Gasteiger partial charge in [0.25, 0.3) is 0 Å². The number of alkyl halides is 3. The number of halogens is 3. The van der Waals surface area contributed by atoms with Gasteiger partial charge in [0.2, 0.25) is 0 Å². The topological polar surface area (TPSA) is 52.1 Å². The summed E-state index contributed by atoms with van der Waals surface area (Å²) in [6.07, 6.45) is -3.16. The van der Waals surface area contributed by atoms with Gasteiger partial charge in [-0.1, -0.05) is 48.4 Å². The van der Waals surface area contributed by atoms with E-state index in [1.54, 1.807) is 0 Å². The summed E-state index contributed by atoms with van der Waals surface area (Å²) in [6, 6.07) is 7.70. The fourth-order valence-electron chi connectivity index (χ4n) is 3.45. The molecule has 0 N–H and O–H groups in total. The summed E-state index contributed by atoms with van der Waals surface area (Å²) >= 11 is 0. The lowest BCUT2D eigenvalue weighted by molar-refractivity contribution is -0.138. The van der Waals surface area contributed by atoms with Gasteiger partial charge in [-0.05, 0) is 24.3 Å². The molecule has 1 aromatic carbocycles. The van der Waals surface area contributed by atoms with Crippen LogP contribution in [0.4, 0.5) is 13.2 Å². The second-order valence-corrected chi connectivity index (χ2v) is 6.92. The predicted molar refractivity (Wildman–Crippen MR) is 88.4 cm³/mol. The van der Waals surface area contributed by atoms with Crippen LogP contribution in [0, 0.1) is 5.92 Å². The molecule has 26 heavy (non-hydrogen) atoms. The lowest BCUT2D eigenvalue weighted by atomic mass is 9.88. The number of nitrogens with zero attached hydrogens (tertiary/aromatic N) is 2. The molecule has 0 spiro atoms. The summed E-state index contributed by atoms with van der Waals surface area (Å²) in [4.78, 5) is 0. The molecular weight excluding hydrogens is 345 g/mol. The second kappa shape index (κ2) is 6.00. The molecule has 0 bridgehead atoms. The van der Waals surface area contributed by atoms with Crippen LogP contribution in [-0.2, 0) is 25.4 Å². The van der Waals surface area contributed by atoms with Crippen molar-refractivity contribution in [2.24, 2.45) is 5.92 Å². The molecule has 0 aliphatic heterocycles. The minimum Gasteiger partial charge on any atom is -0.360 e. The van der Waals surface area contributed by atoms with Crippen molar-refractivity contribution in [1.29, 1.82) is 0 Å². The van der Waals surface area contributed by atoms with E-state index in [1.165, 1.54) is 0 Å². The molecule has 0 saturated carbocycles. The fraction of sp³-hybridized carbons (Fsp3) is 0.368. The molecule has 0 unspecified atom stereocenters. The first-order chi connectivity index (χ1) is 12.4. The van der Waals surface area contributed by atoms with E-state index in [-0.39, 0.29) is 29.6 Å². The monoisotopic (exact) mass is 362 g/mol. The van der Waals surface area contributed by atoms with E-state index in [0.29, 0.717) is 17.7 Å². The van der Waals surface area contributed by atoms with Crippen molar-refractivity contribution in [3.8, 4) is 22.7 Å². The molecule has 0 saturated heterocycles. The lowest BCUT2D eigenvalue weighted by Gasteiger charge is -2.14. The lowest BCUT2D eigenvalue weighted by Crippen LogP contribution is -2.10. The van der Waals surface area contributed by atoms with Crippen molar-refractivity contribution >= 4 is 0 Å². The Balaban J connectivity index is 1.86. The Morgan fingerprint density at radius 1 is 1.04 bits per heavy atom. The van der Waals surface area contributed by atoms with Gasteiger partial charge in [0.15, 0.2) is 11.5 Å². The van der Waals surface area contributed by atoms with Crippen LogP contribution in [0.15, 0.2) is 33.3 Å². The minimum atomic E-state index is -4.58. The van der Waals surface area contributed by atoms with E-state index in [0.717, 1.165) is 17.5 Å². The Hall–Kier alpha value is -2.57. The number of hydrogen-bond acceptors (Lipinski definition) is 4. The first-order valence-electron chi connectivity index (χ1n) is 8.49. The maximum atomic E-state index is 13.7. The highest BCUT2D eigenvalue weighted by atomic mass is 19.4. The number of aryl methyl sites for hydroxylation is 1. The molecule has 4 nitrogen and oxygen atoms in total. The predicted octanol–water partition coefficient (Wildman–Crippen LogP) is 5.31. The van der Waals surface area contributed by atoms with E-state index in [1.807, 2.05) is 38.1 Å². The summed E-state index contributed by atoms with van der Waals surface area (Å²) in [5.41, 5.74) is 2.08. The number of aromatic nitrogens is 2. The van der Waals surface area contributed by atoms with E-state index in [4.69, 9.17) is 9.05 Å². The number of fused-ring (bicyclic) bond motifs is 3. The maximum Gasteiger partial charge on any atom is 0.422 e. The van der Waals surface area contributed by atoms with Crippen LogP contribution in [0.3, 0.4) is 0 Å². The van der Waals surface area contributed by atoms with Crippen molar-refractivity contribution in [3.05, 3.63) is 46.7 Å². The zero-order chi connectivity index (χ0) is 18.5. The zero-order valence-electron chi connectivity index (χ0n) is 14.4. The highest BCUT2D eigenvalue weighted by Crippen LogP contribution is 2.44. The maximum absolute atomic E-state index is 13.7. The number of rotatable bonds is 3. The molecule has 4 rings (SSSR count). The normalized spacial score (nSPS) is 13.8. The van der Waals surface area contributed by atoms with Crippen LogP contribution < -0.4 is 0 Å². The quantitative estimate of drug-likeness (QED) is 0.633. The molecule has 0 atom stereocenters. The third-order valence-electron chi connectivity index (χ3n) is 4.56. The Bertz CT molecular complexity index is 954. The van der Waals surface area contributed by atoms with Crippen molar-refractivity contribution in [3.63, 3.8) is 0 Å². The second-order valence-electron chi connectivity index (χ2n) is 6.92. The molecule has 2 aromatic heterocycles. The van der Waals surface area contributed by atoms with Crippen LogP contribution in [0.5, 0.6) is 0 Å². The molecule has 2 heterocycles. The summed E-state index contributed by atoms with van der Waals surface area (Å²) in [5, 5.41) is 7.76. The molecule has 0 amide bonds. The highest BCUT2D eigenvalue weighted by molar-refractivity contribution is 5.76. The Kier molecular flexibility index (Phi) is 3.89. The van der Waals surface area contributed by atoms with Gasteiger partial charge in [0.05, 0.1) is 0 Å². The van der Waals surface area contributed by atoms with Crippen LogP contribution in [-0.4, -0.2) is 10.3 Å². The summed E-state index contributed by atoms with van der Waals surface area (Å²) in [7, 11) is 0. The number of benzene rings is 1. The fourth-order valence-corrected chi connectivity index (χ4v) is 3.45. The Labute approximate surface area is 148 Å². The zero-order valence-corrected chi connectivity index (χ0v) is 14.4. The van der Waals surface area contributed by atoms with Gasteiger partial charge in [-0.25, -0.2) is 0 Å². The standard InChI is InChI=1S/C19H17F3N2O2/c1-10(2)9-14-15(19(20,21)22)17(24-25-14)18-13-8-7-11-5-3-4-6-12(11)16(13)23-26-18/h3-6,10H,7-9H2,1-2H3. The molecule has 3 aromatic rings.